The van der Waals surface area contributed by atoms with Crippen molar-refractivity contribution in [2.75, 3.05) is 11.9 Å². The van der Waals surface area contributed by atoms with Crippen LogP contribution in [0.2, 0.25) is 0 Å². The first-order chi connectivity index (χ1) is 10.7. The second-order valence-corrected chi connectivity index (χ2v) is 6.38. The Morgan fingerprint density at radius 1 is 1.35 bits per heavy atom. The van der Waals surface area contributed by atoms with Crippen LogP contribution in [0.5, 0.6) is 0 Å². The minimum atomic E-state index is -0.0681. The van der Waals surface area contributed by atoms with E-state index in [-0.39, 0.29) is 24.4 Å². The van der Waals surface area contributed by atoms with Crippen LogP contribution in [-0.4, -0.2) is 33.3 Å². The van der Waals surface area contributed by atoms with Gasteiger partial charge in [-0.1, -0.05) is 6.42 Å². The molecule has 23 heavy (non-hydrogen) atoms. The number of piperidine rings is 1. The van der Waals surface area contributed by atoms with Crippen molar-refractivity contribution in [2.45, 2.75) is 35.4 Å². The molecular weight excluding hydrogens is 334 g/mol. The van der Waals surface area contributed by atoms with Crippen molar-refractivity contribution in [1.82, 2.24) is 20.1 Å². The second-order valence-electron chi connectivity index (χ2n) is 5.34. The highest BCUT2D eigenvalue weighted by molar-refractivity contribution is 7.99. The van der Waals surface area contributed by atoms with Crippen molar-refractivity contribution in [3.63, 3.8) is 0 Å². The van der Waals surface area contributed by atoms with Crippen LogP contribution in [0.15, 0.2) is 40.6 Å². The molecule has 1 amide bonds. The second kappa shape index (κ2) is 8.33. The molecule has 1 unspecified atom stereocenters. The summed E-state index contributed by atoms with van der Waals surface area (Å²) < 4.78 is 1.87. The van der Waals surface area contributed by atoms with Gasteiger partial charge in [0, 0.05) is 17.6 Å². The molecule has 0 spiro atoms. The number of nitrogens with one attached hydrogen (secondary N) is 2. The molecule has 3 rings (SSSR count). The first kappa shape index (κ1) is 17.8. The molecule has 2 N–H and O–H groups in total. The molecule has 124 valence electrons. The van der Waals surface area contributed by atoms with Gasteiger partial charge in [-0.2, -0.15) is 0 Å². The molecule has 0 aliphatic carbocycles. The lowest BCUT2D eigenvalue weighted by molar-refractivity contribution is -0.118. The predicted octanol–water partition coefficient (Wildman–Crippen LogP) is 2.47. The van der Waals surface area contributed by atoms with Gasteiger partial charge in [-0.15, -0.1) is 22.6 Å². The molecule has 0 saturated carbocycles. The molecule has 1 aliphatic rings. The summed E-state index contributed by atoms with van der Waals surface area (Å²) in [5, 5.41) is 14.9. The smallest absolute Gasteiger partial charge is 0.241 e. The molecule has 1 aromatic heterocycles. The summed E-state index contributed by atoms with van der Waals surface area (Å²) >= 11 is 1.54. The molecule has 1 aromatic carbocycles. The number of amides is 1. The van der Waals surface area contributed by atoms with Gasteiger partial charge >= 0.3 is 0 Å². The molecule has 2 heterocycles. The monoisotopic (exact) mass is 353 g/mol. The largest absolute Gasteiger partial charge is 0.325 e. The number of carbonyl (C=O) groups is 1. The molecule has 0 bridgehead atoms. The molecule has 1 atom stereocenters. The van der Waals surface area contributed by atoms with E-state index in [1.165, 1.54) is 0 Å². The number of carbonyl (C=O) groups excluding carboxylic acids is 1. The fourth-order valence-electron chi connectivity index (χ4n) is 2.38. The van der Waals surface area contributed by atoms with E-state index >= 15 is 0 Å². The molecule has 1 fully saturated rings. The topological polar surface area (TPSA) is 71.8 Å². The van der Waals surface area contributed by atoms with Gasteiger partial charge in [0.05, 0.1) is 6.04 Å². The highest BCUT2D eigenvalue weighted by Gasteiger charge is 2.20. The van der Waals surface area contributed by atoms with Gasteiger partial charge in [0.15, 0.2) is 5.16 Å². The summed E-state index contributed by atoms with van der Waals surface area (Å²) in [6, 6.07) is 7.72. The van der Waals surface area contributed by atoms with E-state index in [1.807, 2.05) is 35.9 Å². The minimum Gasteiger partial charge on any atom is -0.325 e. The summed E-state index contributed by atoms with van der Waals surface area (Å²) in [4.78, 5) is 13.2. The third-order valence-corrected chi connectivity index (χ3v) is 4.69. The lowest BCUT2D eigenvalue weighted by Gasteiger charge is -2.22. The summed E-state index contributed by atoms with van der Waals surface area (Å²) in [6.45, 7) is 0.922. The predicted molar refractivity (Wildman–Crippen MR) is 93.1 cm³/mol. The van der Waals surface area contributed by atoms with Crippen LogP contribution in [-0.2, 0) is 11.8 Å². The van der Waals surface area contributed by atoms with Crippen LogP contribution in [0.1, 0.15) is 19.3 Å². The number of halogens is 1. The van der Waals surface area contributed by atoms with Crippen molar-refractivity contribution in [3.8, 4) is 0 Å². The van der Waals surface area contributed by atoms with Gasteiger partial charge < -0.3 is 15.2 Å². The van der Waals surface area contributed by atoms with E-state index in [9.17, 15) is 4.79 Å². The number of anilines is 1. The average Bonchev–Trinajstić information content (AvgIpc) is 2.95. The quantitative estimate of drug-likeness (QED) is 0.883. The Morgan fingerprint density at radius 2 is 2.13 bits per heavy atom. The zero-order chi connectivity index (χ0) is 15.4. The summed E-state index contributed by atoms with van der Waals surface area (Å²) in [5.41, 5.74) is 0.819. The summed E-state index contributed by atoms with van der Waals surface area (Å²) in [6.07, 6.45) is 4.84. The van der Waals surface area contributed by atoms with Gasteiger partial charge in [0.1, 0.15) is 6.33 Å². The zero-order valence-electron chi connectivity index (χ0n) is 12.9. The lowest BCUT2D eigenvalue weighted by Crippen LogP contribution is -2.43. The Balaban J connectivity index is 0.00000192. The Bertz CT molecular complexity index is 640. The fraction of sp³-hybridized carbons (Fsp3) is 0.400. The maximum Gasteiger partial charge on any atom is 0.241 e. The third kappa shape index (κ3) is 4.70. The molecule has 0 radical (unpaired) electrons. The molecule has 1 aliphatic heterocycles. The molecular formula is C15H20ClN5OS. The number of rotatable bonds is 4. The molecule has 6 nitrogen and oxygen atoms in total. The van der Waals surface area contributed by atoms with E-state index in [2.05, 4.69) is 20.8 Å². The van der Waals surface area contributed by atoms with E-state index in [0.29, 0.717) is 0 Å². The highest BCUT2D eigenvalue weighted by Crippen LogP contribution is 2.26. The maximum atomic E-state index is 12.2. The van der Waals surface area contributed by atoms with Gasteiger partial charge in [-0.05, 0) is 55.4 Å². The normalized spacial score (nSPS) is 17.3. The Hall–Kier alpha value is -1.57. The standard InChI is InChI=1S/C15H19N5OS.ClH/c1-20-10-17-19-15(20)22-12-7-5-11(6-8-12)18-14(21)13-4-2-3-9-16-13;/h5-8,10,13,16H,2-4,9H2,1H3,(H,18,21);1H. The number of nitrogens with zero attached hydrogens (tertiary/aromatic N) is 3. The highest BCUT2D eigenvalue weighted by atomic mass is 35.5. The van der Waals surface area contributed by atoms with Crippen molar-refractivity contribution >= 4 is 35.8 Å². The van der Waals surface area contributed by atoms with E-state index in [0.717, 1.165) is 41.5 Å². The summed E-state index contributed by atoms with van der Waals surface area (Å²) in [5.74, 6) is 0.0494. The van der Waals surface area contributed by atoms with E-state index < -0.39 is 0 Å². The van der Waals surface area contributed by atoms with Gasteiger partial charge in [0.2, 0.25) is 5.91 Å². The number of hydrogen-bond acceptors (Lipinski definition) is 5. The number of aryl methyl sites for hydroxylation is 1. The van der Waals surface area contributed by atoms with Gasteiger partial charge in [0.25, 0.3) is 0 Å². The summed E-state index contributed by atoms with van der Waals surface area (Å²) in [7, 11) is 1.91. The van der Waals surface area contributed by atoms with Crippen molar-refractivity contribution in [2.24, 2.45) is 7.05 Å². The van der Waals surface area contributed by atoms with Crippen molar-refractivity contribution in [1.29, 1.82) is 0 Å². The van der Waals surface area contributed by atoms with Crippen LogP contribution < -0.4 is 10.6 Å². The first-order valence-corrected chi connectivity index (χ1v) is 8.20. The van der Waals surface area contributed by atoms with Crippen molar-refractivity contribution in [3.05, 3.63) is 30.6 Å². The number of aromatic nitrogens is 3. The Kier molecular flexibility index (Phi) is 6.44. The Morgan fingerprint density at radius 3 is 2.74 bits per heavy atom. The first-order valence-electron chi connectivity index (χ1n) is 7.38. The van der Waals surface area contributed by atoms with E-state index in [4.69, 9.17) is 0 Å². The number of benzene rings is 1. The number of hydrogen-bond donors (Lipinski definition) is 2. The molecule has 8 heteroatoms. The van der Waals surface area contributed by atoms with Gasteiger partial charge in [-0.25, -0.2) is 0 Å². The molecule has 1 saturated heterocycles. The average molecular weight is 354 g/mol. The third-order valence-electron chi connectivity index (χ3n) is 3.63. The van der Waals surface area contributed by atoms with Crippen LogP contribution >= 0.6 is 24.2 Å². The van der Waals surface area contributed by atoms with E-state index in [1.54, 1.807) is 18.1 Å². The zero-order valence-corrected chi connectivity index (χ0v) is 14.5. The SMILES string of the molecule is Cl.Cn1cnnc1Sc1ccc(NC(=O)C2CCCCN2)cc1. The van der Waals surface area contributed by atoms with Gasteiger partial charge in [-0.3, -0.25) is 4.79 Å². The van der Waals surface area contributed by atoms with Crippen LogP contribution in [0.4, 0.5) is 5.69 Å². The van der Waals surface area contributed by atoms with Crippen LogP contribution in [0.25, 0.3) is 0 Å². The van der Waals surface area contributed by atoms with Crippen molar-refractivity contribution < 1.29 is 4.79 Å². The van der Waals surface area contributed by atoms with Crippen LogP contribution in [0.3, 0.4) is 0 Å². The van der Waals surface area contributed by atoms with Crippen LogP contribution in [0, 0.1) is 0 Å². The fourth-order valence-corrected chi connectivity index (χ4v) is 3.14. The maximum absolute atomic E-state index is 12.2. The lowest BCUT2D eigenvalue weighted by atomic mass is 10.0. The Labute approximate surface area is 145 Å². The minimum absolute atomic E-state index is 0. The molecule has 2 aromatic rings.